The molecule has 1 N–H and O–H groups in total. The van der Waals surface area contributed by atoms with E-state index in [-0.39, 0.29) is 11.7 Å². The minimum absolute atomic E-state index is 0.148. The van der Waals surface area contributed by atoms with Gasteiger partial charge in [0.1, 0.15) is 0 Å². The number of rotatable bonds is 5. The van der Waals surface area contributed by atoms with Gasteiger partial charge in [-0.3, -0.25) is 9.59 Å². The Bertz CT molecular complexity index is 224. The largest absolute Gasteiger partial charge is 0.353 e. The number of carbonyl (C=O) groups excluding carboxylic acids is 2. The molecule has 0 atom stereocenters. The summed E-state index contributed by atoms with van der Waals surface area (Å²) in [6.45, 7) is 4.11. The molecule has 74 valence electrons. The van der Waals surface area contributed by atoms with Gasteiger partial charge in [-0.05, 0) is 29.3 Å². The van der Waals surface area contributed by atoms with Crippen LogP contribution < -0.4 is 5.32 Å². The Labute approximate surface area is 86.7 Å². The van der Waals surface area contributed by atoms with E-state index in [2.05, 4.69) is 21.2 Å². The van der Waals surface area contributed by atoms with Crippen molar-refractivity contribution in [1.82, 2.24) is 5.32 Å². The number of carbonyl (C=O) groups is 2. The van der Waals surface area contributed by atoms with Crippen LogP contribution in [0.25, 0.3) is 0 Å². The second kappa shape index (κ2) is 6.83. The van der Waals surface area contributed by atoms with Gasteiger partial charge in [-0.15, -0.1) is 0 Å². The number of hydrogen-bond donors (Lipinski definition) is 1. The van der Waals surface area contributed by atoms with Crippen LogP contribution in [0.3, 0.4) is 0 Å². The minimum atomic E-state index is -0.226. The summed E-state index contributed by atoms with van der Waals surface area (Å²) in [5.41, 5.74) is 0. The van der Waals surface area contributed by atoms with E-state index >= 15 is 0 Å². The highest BCUT2D eigenvalue weighted by molar-refractivity contribution is 9.12. The quantitative estimate of drug-likeness (QED) is 0.595. The van der Waals surface area contributed by atoms with Gasteiger partial charge in [-0.25, -0.2) is 0 Å². The van der Waals surface area contributed by atoms with Crippen molar-refractivity contribution >= 4 is 27.6 Å². The molecule has 0 aliphatic rings. The van der Waals surface area contributed by atoms with Gasteiger partial charge in [0.2, 0.25) is 5.91 Å². The molecule has 13 heavy (non-hydrogen) atoms. The smallest absolute Gasteiger partial charge is 0.245 e. The van der Waals surface area contributed by atoms with Crippen molar-refractivity contribution in [2.75, 3.05) is 6.54 Å². The normalized spacial score (nSPS) is 11.2. The molecule has 0 aliphatic carbocycles. The zero-order chi connectivity index (χ0) is 10.3. The monoisotopic (exact) mass is 247 g/mol. The van der Waals surface area contributed by atoms with Gasteiger partial charge < -0.3 is 5.32 Å². The van der Waals surface area contributed by atoms with Gasteiger partial charge in [-0.1, -0.05) is 13.3 Å². The van der Waals surface area contributed by atoms with Gasteiger partial charge in [0.05, 0.1) is 4.48 Å². The van der Waals surface area contributed by atoms with Crippen LogP contribution in [0.2, 0.25) is 0 Å². The Morgan fingerprint density at radius 2 is 2.08 bits per heavy atom. The van der Waals surface area contributed by atoms with E-state index in [0.717, 1.165) is 12.8 Å². The van der Waals surface area contributed by atoms with Crippen LogP contribution in [0.1, 0.15) is 26.7 Å². The van der Waals surface area contributed by atoms with Crippen molar-refractivity contribution in [3.63, 3.8) is 0 Å². The van der Waals surface area contributed by atoms with Gasteiger partial charge in [-0.2, -0.15) is 0 Å². The lowest BCUT2D eigenvalue weighted by atomic mass is 10.3. The molecule has 0 spiro atoms. The molecular formula is C9H14BrNO2. The van der Waals surface area contributed by atoms with Crippen molar-refractivity contribution in [1.29, 1.82) is 0 Å². The number of ketones is 1. The number of unbranched alkanes of at least 4 members (excludes halogenated alkanes) is 1. The first-order valence-electron chi connectivity index (χ1n) is 4.24. The summed E-state index contributed by atoms with van der Waals surface area (Å²) in [6, 6.07) is 0. The molecule has 0 rings (SSSR count). The van der Waals surface area contributed by atoms with Gasteiger partial charge in [0, 0.05) is 12.6 Å². The van der Waals surface area contributed by atoms with Crippen LogP contribution in [0.5, 0.6) is 0 Å². The first-order valence-corrected chi connectivity index (χ1v) is 5.03. The Morgan fingerprint density at radius 1 is 1.46 bits per heavy atom. The fraction of sp³-hybridized carbons (Fsp3) is 0.556. The highest BCUT2D eigenvalue weighted by Crippen LogP contribution is 2.04. The number of hydrogen-bond acceptors (Lipinski definition) is 2. The van der Waals surface area contributed by atoms with E-state index in [1.165, 1.54) is 13.0 Å². The predicted molar refractivity (Wildman–Crippen MR) is 55.6 cm³/mol. The number of amides is 1. The molecule has 0 radical (unpaired) electrons. The van der Waals surface area contributed by atoms with E-state index in [1.807, 2.05) is 6.92 Å². The highest BCUT2D eigenvalue weighted by atomic mass is 79.9. The second-order valence-corrected chi connectivity index (χ2v) is 3.55. The number of allylic oxidation sites excluding steroid dienone is 1. The molecule has 0 heterocycles. The third-order valence-electron chi connectivity index (χ3n) is 1.42. The lowest BCUT2D eigenvalue weighted by Gasteiger charge is -1.99. The third-order valence-corrected chi connectivity index (χ3v) is 2.21. The highest BCUT2D eigenvalue weighted by Gasteiger charge is 2.01. The predicted octanol–water partition coefficient (Wildman–Crippen LogP) is 1.77. The maximum absolute atomic E-state index is 11.1. The molecule has 0 fully saturated rings. The molecule has 0 aliphatic heterocycles. The molecule has 1 amide bonds. The van der Waals surface area contributed by atoms with E-state index in [0.29, 0.717) is 11.0 Å². The number of Topliss-reactive ketones (excluding diaryl/α,β-unsaturated/α-hetero) is 1. The van der Waals surface area contributed by atoms with Gasteiger partial charge in [0.25, 0.3) is 0 Å². The molecule has 0 aromatic rings. The van der Waals surface area contributed by atoms with E-state index in [9.17, 15) is 9.59 Å². The van der Waals surface area contributed by atoms with Gasteiger partial charge >= 0.3 is 0 Å². The molecule has 0 unspecified atom stereocenters. The third kappa shape index (κ3) is 6.51. The SMILES string of the molecule is CCCCNC(=O)/C=C(\Br)C(C)=O. The van der Waals surface area contributed by atoms with Crippen molar-refractivity contribution in [3.8, 4) is 0 Å². The Balaban J connectivity index is 3.86. The molecule has 4 heteroatoms. The van der Waals surface area contributed by atoms with Gasteiger partial charge in [0.15, 0.2) is 5.78 Å². The second-order valence-electron chi connectivity index (χ2n) is 2.69. The Kier molecular flexibility index (Phi) is 6.49. The molecular weight excluding hydrogens is 234 g/mol. The molecule has 0 saturated carbocycles. The molecule has 0 saturated heterocycles. The minimum Gasteiger partial charge on any atom is -0.353 e. The van der Waals surface area contributed by atoms with Crippen molar-refractivity contribution in [3.05, 3.63) is 10.6 Å². The fourth-order valence-corrected chi connectivity index (χ4v) is 0.864. The van der Waals surface area contributed by atoms with Crippen LogP contribution in [0.15, 0.2) is 10.6 Å². The summed E-state index contributed by atoms with van der Waals surface area (Å²) in [7, 11) is 0. The van der Waals surface area contributed by atoms with E-state index in [4.69, 9.17) is 0 Å². The molecule has 3 nitrogen and oxygen atoms in total. The van der Waals surface area contributed by atoms with Crippen LogP contribution in [0, 0.1) is 0 Å². The number of nitrogens with one attached hydrogen (secondary N) is 1. The Hall–Kier alpha value is -0.640. The maximum atomic E-state index is 11.1. The molecule has 0 aromatic heterocycles. The van der Waals surface area contributed by atoms with Crippen molar-refractivity contribution in [2.45, 2.75) is 26.7 Å². The fourth-order valence-electron chi connectivity index (χ4n) is 0.656. The summed E-state index contributed by atoms with van der Waals surface area (Å²) < 4.78 is 0.307. The van der Waals surface area contributed by atoms with Crippen molar-refractivity contribution in [2.24, 2.45) is 0 Å². The first-order chi connectivity index (χ1) is 6.07. The Morgan fingerprint density at radius 3 is 2.54 bits per heavy atom. The first kappa shape index (κ1) is 12.4. The van der Waals surface area contributed by atoms with E-state index < -0.39 is 0 Å². The summed E-state index contributed by atoms with van der Waals surface area (Å²) in [5, 5.41) is 2.67. The van der Waals surface area contributed by atoms with Crippen LogP contribution in [-0.2, 0) is 9.59 Å². The average molecular weight is 248 g/mol. The standard InChI is InChI=1S/C9H14BrNO2/c1-3-4-5-11-9(13)6-8(10)7(2)12/h6H,3-5H2,1-2H3,(H,11,13)/b8-6-. The van der Waals surface area contributed by atoms with Crippen molar-refractivity contribution < 1.29 is 9.59 Å². The lowest BCUT2D eigenvalue weighted by Crippen LogP contribution is -2.22. The van der Waals surface area contributed by atoms with Crippen LogP contribution in [-0.4, -0.2) is 18.2 Å². The molecule has 0 bridgehead atoms. The summed E-state index contributed by atoms with van der Waals surface area (Å²) in [5.74, 6) is -0.374. The zero-order valence-corrected chi connectivity index (χ0v) is 9.48. The van der Waals surface area contributed by atoms with Crippen LogP contribution >= 0.6 is 15.9 Å². The lowest BCUT2D eigenvalue weighted by molar-refractivity contribution is -0.117. The average Bonchev–Trinajstić information content (AvgIpc) is 2.04. The topological polar surface area (TPSA) is 46.2 Å². The van der Waals surface area contributed by atoms with Crippen LogP contribution in [0.4, 0.5) is 0 Å². The maximum Gasteiger partial charge on any atom is 0.245 e. The summed E-state index contributed by atoms with van der Waals surface area (Å²) in [4.78, 5) is 21.8. The van der Waals surface area contributed by atoms with E-state index in [1.54, 1.807) is 0 Å². The molecule has 0 aromatic carbocycles. The zero-order valence-electron chi connectivity index (χ0n) is 7.89. The summed E-state index contributed by atoms with van der Waals surface area (Å²) in [6.07, 6.45) is 3.26. The summed E-state index contributed by atoms with van der Waals surface area (Å²) >= 11 is 3.00. The number of halogens is 1.